The molecule has 0 saturated heterocycles. The zero-order valence-corrected chi connectivity index (χ0v) is 14.0. The van der Waals surface area contributed by atoms with Crippen LogP contribution < -0.4 is 0 Å². The van der Waals surface area contributed by atoms with Crippen molar-refractivity contribution in [3.8, 4) is 0 Å². The van der Waals surface area contributed by atoms with Crippen molar-refractivity contribution in [2.45, 2.75) is 45.1 Å². The molecule has 1 aliphatic carbocycles. The quantitative estimate of drug-likeness (QED) is 0.854. The molecule has 0 unspecified atom stereocenters. The van der Waals surface area contributed by atoms with Gasteiger partial charge in [-0.1, -0.05) is 0 Å². The Bertz CT molecular complexity index is 730. The second kappa shape index (κ2) is 6.43. The molecule has 0 amide bonds. The van der Waals surface area contributed by atoms with E-state index >= 15 is 0 Å². The van der Waals surface area contributed by atoms with E-state index < -0.39 is 5.97 Å². The summed E-state index contributed by atoms with van der Waals surface area (Å²) in [6.07, 6.45) is 4.58. The lowest BCUT2D eigenvalue weighted by atomic mass is 10.1. The van der Waals surface area contributed by atoms with E-state index in [1.165, 1.54) is 29.8 Å². The minimum Gasteiger partial charge on any atom is -0.460 e. The maximum atomic E-state index is 11.7. The molecule has 6 nitrogen and oxygen atoms in total. The predicted molar refractivity (Wildman–Crippen MR) is 87.9 cm³/mol. The number of esters is 1. The number of rotatable bonds is 5. The Balaban J connectivity index is 1.39. The second-order valence-corrected chi connectivity index (χ2v) is 6.60. The Morgan fingerprint density at radius 3 is 3.00 bits per heavy atom. The van der Waals surface area contributed by atoms with Gasteiger partial charge in [0.05, 0.1) is 18.8 Å². The van der Waals surface area contributed by atoms with Crippen LogP contribution in [-0.2, 0) is 24.1 Å². The van der Waals surface area contributed by atoms with Crippen molar-refractivity contribution < 1.29 is 13.9 Å². The fraction of sp³-hybridized carbons (Fsp3) is 0.556. The average Bonchev–Trinajstić information content (AvgIpc) is 3.23. The molecule has 4 rings (SSSR count). The molecule has 1 fully saturated rings. The number of nitrogens with one attached hydrogen (secondary N) is 1. The molecule has 0 atom stereocenters. The molecule has 1 saturated carbocycles. The molecule has 0 aromatic carbocycles. The number of hydrogen-bond acceptors (Lipinski definition) is 5. The summed E-state index contributed by atoms with van der Waals surface area (Å²) in [6, 6.07) is 3.57. The van der Waals surface area contributed by atoms with Crippen molar-refractivity contribution in [1.82, 2.24) is 15.1 Å². The van der Waals surface area contributed by atoms with Crippen molar-refractivity contribution in [3.63, 3.8) is 0 Å². The Hall–Kier alpha value is -2.08. The van der Waals surface area contributed by atoms with E-state index in [9.17, 15) is 4.79 Å². The van der Waals surface area contributed by atoms with Crippen LogP contribution in [0.5, 0.6) is 0 Å². The number of H-pyrrole nitrogens is 1. The molecule has 0 radical (unpaired) electrons. The number of aromatic nitrogens is 2. The van der Waals surface area contributed by atoms with Crippen LogP contribution in [0.4, 0.5) is 0 Å². The number of nitrogens with zero attached hydrogens (tertiary/aromatic N) is 2. The maximum absolute atomic E-state index is 11.7. The summed E-state index contributed by atoms with van der Waals surface area (Å²) in [5.74, 6) is 1.39. The zero-order chi connectivity index (χ0) is 16.5. The van der Waals surface area contributed by atoms with Crippen LogP contribution in [0.2, 0.25) is 0 Å². The standard InChI is InChI=1S/C18H23N3O3/c1-2-23-18(22)16-6-5-13(24-16)11-21-9-7-14-15(8-10-21)19-20-17(14)12-3-4-12/h5-6,12H,2-4,7-11H2,1H3,(H,19,20). The maximum Gasteiger partial charge on any atom is 0.374 e. The second-order valence-electron chi connectivity index (χ2n) is 6.60. The fourth-order valence-electron chi connectivity index (χ4n) is 3.40. The monoisotopic (exact) mass is 329 g/mol. The molecular formula is C18H23N3O3. The summed E-state index contributed by atoms with van der Waals surface area (Å²) >= 11 is 0. The number of carbonyl (C=O) groups is 1. The van der Waals surface area contributed by atoms with Crippen LogP contribution in [-0.4, -0.2) is 40.8 Å². The van der Waals surface area contributed by atoms with E-state index in [2.05, 4.69) is 15.1 Å². The first-order chi connectivity index (χ1) is 11.7. The molecule has 1 aliphatic heterocycles. The van der Waals surface area contributed by atoms with Gasteiger partial charge < -0.3 is 9.15 Å². The van der Waals surface area contributed by atoms with E-state index in [1.54, 1.807) is 13.0 Å². The van der Waals surface area contributed by atoms with Crippen molar-refractivity contribution in [1.29, 1.82) is 0 Å². The summed E-state index contributed by atoms with van der Waals surface area (Å²) < 4.78 is 10.6. The largest absolute Gasteiger partial charge is 0.460 e. The van der Waals surface area contributed by atoms with Gasteiger partial charge in [0.25, 0.3) is 0 Å². The number of hydrogen-bond donors (Lipinski definition) is 1. The normalized spacial score (nSPS) is 18.2. The lowest BCUT2D eigenvalue weighted by Gasteiger charge is -2.18. The third-order valence-electron chi connectivity index (χ3n) is 4.82. The first kappa shape index (κ1) is 15.4. The van der Waals surface area contributed by atoms with Crippen molar-refractivity contribution in [2.24, 2.45) is 0 Å². The van der Waals surface area contributed by atoms with Gasteiger partial charge in [0.2, 0.25) is 5.76 Å². The van der Waals surface area contributed by atoms with E-state index in [1.807, 2.05) is 6.07 Å². The van der Waals surface area contributed by atoms with Crippen LogP contribution in [0.15, 0.2) is 16.5 Å². The van der Waals surface area contributed by atoms with E-state index in [0.717, 1.165) is 38.2 Å². The first-order valence-electron chi connectivity index (χ1n) is 8.78. The number of aromatic amines is 1. The Labute approximate surface area is 141 Å². The number of carbonyl (C=O) groups excluding carboxylic acids is 1. The molecule has 2 aliphatic rings. The SMILES string of the molecule is CCOC(=O)c1ccc(CN2CCc3[nH]nc(C4CC4)c3CC2)o1. The van der Waals surface area contributed by atoms with Gasteiger partial charge in [0, 0.05) is 31.1 Å². The number of fused-ring (bicyclic) bond motifs is 1. The first-order valence-corrected chi connectivity index (χ1v) is 8.78. The van der Waals surface area contributed by atoms with E-state index in [-0.39, 0.29) is 5.76 Å². The van der Waals surface area contributed by atoms with E-state index in [4.69, 9.17) is 9.15 Å². The zero-order valence-electron chi connectivity index (χ0n) is 14.0. The molecule has 0 spiro atoms. The fourth-order valence-corrected chi connectivity index (χ4v) is 3.40. The van der Waals surface area contributed by atoms with Crippen molar-refractivity contribution in [2.75, 3.05) is 19.7 Å². The highest BCUT2D eigenvalue weighted by Gasteiger charge is 2.31. The molecule has 0 bridgehead atoms. The molecular weight excluding hydrogens is 306 g/mol. The van der Waals surface area contributed by atoms with Gasteiger partial charge in [-0.2, -0.15) is 5.10 Å². The van der Waals surface area contributed by atoms with Crippen molar-refractivity contribution >= 4 is 5.97 Å². The third-order valence-corrected chi connectivity index (χ3v) is 4.82. The Morgan fingerprint density at radius 1 is 1.38 bits per heavy atom. The van der Waals surface area contributed by atoms with Gasteiger partial charge in [-0.25, -0.2) is 4.79 Å². The lowest BCUT2D eigenvalue weighted by molar-refractivity contribution is 0.0486. The minimum absolute atomic E-state index is 0.284. The van der Waals surface area contributed by atoms with Gasteiger partial charge in [-0.05, 0) is 43.9 Å². The summed E-state index contributed by atoms with van der Waals surface area (Å²) in [5, 5.41) is 7.78. The van der Waals surface area contributed by atoms with Crippen LogP contribution >= 0.6 is 0 Å². The third kappa shape index (κ3) is 3.11. The van der Waals surface area contributed by atoms with Gasteiger partial charge in [-0.3, -0.25) is 10.00 Å². The molecule has 24 heavy (non-hydrogen) atoms. The van der Waals surface area contributed by atoms with Crippen LogP contribution in [0.25, 0.3) is 0 Å². The lowest BCUT2D eigenvalue weighted by Crippen LogP contribution is -2.26. The average molecular weight is 329 g/mol. The van der Waals surface area contributed by atoms with Gasteiger partial charge >= 0.3 is 5.97 Å². The smallest absolute Gasteiger partial charge is 0.374 e. The molecule has 6 heteroatoms. The molecule has 2 aromatic heterocycles. The summed E-state index contributed by atoms with van der Waals surface area (Å²) in [6.45, 7) is 4.82. The number of ether oxygens (including phenoxy) is 1. The van der Waals surface area contributed by atoms with Crippen LogP contribution in [0.1, 0.15) is 58.9 Å². The molecule has 2 aromatic rings. The van der Waals surface area contributed by atoms with Gasteiger partial charge in [-0.15, -0.1) is 0 Å². The Morgan fingerprint density at radius 2 is 2.21 bits per heavy atom. The van der Waals surface area contributed by atoms with Gasteiger partial charge in [0.1, 0.15) is 5.76 Å². The highest BCUT2D eigenvalue weighted by molar-refractivity contribution is 5.86. The summed E-state index contributed by atoms with van der Waals surface area (Å²) in [7, 11) is 0. The molecule has 128 valence electrons. The van der Waals surface area contributed by atoms with Crippen molar-refractivity contribution in [3.05, 3.63) is 40.6 Å². The summed E-state index contributed by atoms with van der Waals surface area (Å²) in [5.41, 5.74) is 4.03. The topological polar surface area (TPSA) is 71.4 Å². The minimum atomic E-state index is -0.394. The van der Waals surface area contributed by atoms with E-state index in [0.29, 0.717) is 12.5 Å². The Kier molecular flexibility index (Phi) is 4.14. The highest BCUT2D eigenvalue weighted by Crippen LogP contribution is 2.41. The number of furan rings is 1. The molecule has 3 heterocycles. The van der Waals surface area contributed by atoms with Gasteiger partial charge in [0.15, 0.2) is 0 Å². The molecule has 1 N–H and O–H groups in total. The highest BCUT2D eigenvalue weighted by atomic mass is 16.5. The summed E-state index contributed by atoms with van der Waals surface area (Å²) in [4.78, 5) is 14.1. The van der Waals surface area contributed by atoms with Crippen LogP contribution in [0.3, 0.4) is 0 Å². The predicted octanol–water partition coefficient (Wildman–Crippen LogP) is 2.66. The van der Waals surface area contributed by atoms with Crippen LogP contribution in [0, 0.1) is 0 Å².